The molecule has 7 aromatic rings. The number of hydrogen-bond donors (Lipinski definition) is 0. The van der Waals surface area contributed by atoms with Crippen molar-refractivity contribution < 1.29 is 9.47 Å². The molecule has 7 rings (SSSR count). The predicted molar refractivity (Wildman–Crippen MR) is 171 cm³/mol. The highest BCUT2D eigenvalue weighted by molar-refractivity contribution is 6.30. The van der Waals surface area contributed by atoms with Crippen LogP contribution in [-0.4, -0.2) is 19.1 Å². The molecule has 2 heterocycles. The van der Waals surface area contributed by atoms with Crippen molar-refractivity contribution in [1.82, 2.24) is 19.1 Å². The molecule has 214 valence electrons. The van der Waals surface area contributed by atoms with Gasteiger partial charge in [0, 0.05) is 16.1 Å². The highest BCUT2D eigenvalue weighted by Gasteiger charge is 2.17. The zero-order valence-corrected chi connectivity index (χ0v) is 24.2. The Bertz CT molecular complexity index is 2140. The molecule has 0 saturated carbocycles. The van der Waals surface area contributed by atoms with Crippen LogP contribution in [0.5, 0.6) is 23.5 Å². The van der Waals surface area contributed by atoms with E-state index in [0.717, 1.165) is 0 Å². The zero-order chi connectivity index (χ0) is 30.2. The van der Waals surface area contributed by atoms with Crippen molar-refractivity contribution in [2.45, 2.75) is 0 Å². The lowest BCUT2D eigenvalue weighted by molar-refractivity contribution is 0.409. The summed E-state index contributed by atoms with van der Waals surface area (Å²) in [6.07, 6.45) is 0. The number of aromatic nitrogens is 4. The smallest absolute Gasteiger partial charge is 0.310 e. The van der Waals surface area contributed by atoms with Crippen LogP contribution in [0.1, 0.15) is 0 Å². The van der Waals surface area contributed by atoms with Crippen molar-refractivity contribution >= 4 is 45.0 Å². The molecule has 10 heteroatoms. The fourth-order valence-electron chi connectivity index (χ4n) is 4.81. The standard InChI is InChI=1S/C34H20Cl2N4O4/c35-21-12-16-23(17-13-21)39-31(41)27-8-1-3-10-29(27)37-33(39)43-25-6-5-7-26(20-25)44-34-38-30-11-4-2-9-28(30)32(42)40(34)24-18-14-22(36)15-19-24/h1-20H. The van der Waals surface area contributed by atoms with Crippen LogP contribution >= 0.6 is 23.2 Å². The predicted octanol–water partition coefficient (Wildman–Crippen LogP) is 7.98. The molecule has 0 saturated heterocycles. The minimum Gasteiger partial charge on any atom is -0.425 e. The number of rotatable bonds is 6. The van der Waals surface area contributed by atoms with Crippen LogP contribution in [0.25, 0.3) is 33.2 Å². The number of fused-ring (bicyclic) bond motifs is 2. The number of hydrogen-bond acceptors (Lipinski definition) is 6. The maximum Gasteiger partial charge on any atom is 0.310 e. The largest absolute Gasteiger partial charge is 0.425 e. The molecule has 0 aliphatic rings. The van der Waals surface area contributed by atoms with Crippen LogP contribution in [0.3, 0.4) is 0 Å². The van der Waals surface area contributed by atoms with E-state index in [0.29, 0.717) is 54.7 Å². The maximum absolute atomic E-state index is 13.6. The van der Waals surface area contributed by atoms with E-state index in [1.807, 2.05) is 0 Å². The second-order valence-electron chi connectivity index (χ2n) is 9.74. The van der Waals surface area contributed by atoms with Gasteiger partial charge < -0.3 is 9.47 Å². The van der Waals surface area contributed by atoms with Gasteiger partial charge in [-0.1, -0.05) is 53.5 Å². The summed E-state index contributed by atoms with van der Waals surface area (Å²) in [5, 5.41) is 1.94. The lowest BCUT2D eigenvalue weighted by atomic mass is 10.2. The summed E-state index contributed by atoms with van der Waals surface area (Å²) >= 11 is 12.2. The van der Waals surface area contributed by atoms with Gasteiger partial charge in [-0.2, -0.15) is 9.97 Å². The van der Waals surface area contributed by atoms with Gasteiger partial charge >= 0.3 is 12.0 Å². The molecule has 44 heavy (non-hydrogen) atoms. The van der Waals surface area contributed by atoms with Crippen molar-refractivity contribution in [3.05, 3.63) is 152 Å². The first-order valence-corrected chi connectivity index (χ1v) is 14.2. The molecule has 0 spiro atoms. The summed E-state index contributed by atoms with van der Waals surface area (Å²) in [4.78, 5) is 36.5. The van der Waals surface area contributed by atoms with E-state index in [-0.39, 0.29) is 23.1 Å². The first-order chi connectivity index (χ1) is 21.4. The molecule has 0 radical (unpaired) electrons. The van der Waals surface area contributed by atoms with Gasteiger partial charge in [-0.15, -0.1) is 0 Å². The van der Waals surface area contributed by atoms with E-state index in [2.05, 4.69) is 9.97 Å². The van der Waals surface area contributed by atoms with Crippen LogP contribution in [-0.2, 0) is 0 Å². The van der Waals surface area contributed by atoms with Crippen LogP contribution in [0.15, 0.2) is 131 Å². The van der Waals surface area contributed by atoms with Gasteiger partial charge in [-0.3, -0.25) is 9.59 Å². The second-order valence-corrected chi connectivity index (χ2v) is 10.6. The zero-order valence-electron chi connectivity index (χ0n) is 22.7. The van der Waals surface area contributed by atoms with Crippen molar-refractivity contribution in [2.75, 3.05) is 0 Å². The number of para-hydroxylation sites is 2. The summed E-state index contributed by atoms with van der Waals surface area (Å²) in [5.74, 6) is 0.683. The number of halogens is 2. The quantitative estimate of drug-likeness (QED) is 0.188. The van der Waals surface area contributed by atoms with Gasteiger partial charge in [0.2, 0.25) is 0 Å². The maximum atomic E-state index is 13.6. The third-order valence-corrected chi connectivity index (χ3v) is 7.39. The first-order valence-electron chi connectivity index (χ1n) is 13.5. The Morgan fingerprint density at radius 2 is 0.909 bits per heavy atom. The van der Waals surface area contributed by atoms with Crippen LogP contribution < -0.4 is 20.6 Å². The third kappa shape index (κ3) is 5.17. The van der Waals surface area contributed by atoms with E-state index in [4.69, 9.17) is 32.7 Å². The Hall–Kier alpha value is -5.44. The Kier molecular flexibility index (Phi) is 7.06. The second kappa shape index (κ2) is 11.3. The molecule has 8 nitrogen and oxygen atoms in total. The molecule has 0 fully saturated rings. The fourth-order valence-corrected chi connectivity index (χ4v) is 5.06. The van der Waals surface area contributed by atoms with Crippen LogP contribution in [0, 0.1) is 0 Å². The summed E-state index contributed by atoms with van der Waals surface area (Å²) in [6.45, 7) is 0. The van der Waals surface area contributed by atoms with Crippen molar-refractivity contribution in [3.8, 4) is 34.9 Å². The number of nitrogens with zero attached hydrogens (tertiary/aromatic N) is 4. The Morgan fingerprint density at radius 1 is 0.500 bits per heavy atom. The van der Waals surface area contributed by atoms with E-state index in [1.54, 1.807) is 121 Å². The number of benzene rings is 5. The SMILES string of the molecule is O=c1c2ccccc2nc(Oc2cccc(Oc3nc4ccccc4c(=O)n3-c3ccc(Cl)cc3)c2)n1-c1ccc(Cl)cc1. The van der Waals surface area contributed by atoms with Crippen molar-refractivity contribution in [3.63, 3.8) is 0 Å². The Labute approximate surface area is 259 Å². The summed E-state index contributed by atoms with van der Waals surface area (Å²) in [7, 11) is 0. The molecule has 5 aromatic carbocycles. The molecule has 2 aromatic heterocycles. The molecule has 0 aliphatic heterocycles. The summed E-state index contributed by atoms with van der Waals surface area (Å²) in [5.41, 5.74) is 1.44. The van der Waals surface area contributed by atoms with Gasteiger partial charge in [-0.25, -0.2) is 9.13 Å². The van der Waals surface area contributed by atoms with E-state index >= 15 is 0 Å². The van der Waals surface area contributed by atoms with Crippen molar-refractivity contribution in [2.24, 2.45) is 0 Å². The van der Waals surface area contributed by atoms with Gasteiger partial charge in [-0.05, 0) is 84.9 Å². The van der Waals surface area contributed by atoms with Gasteiger partial charge in [0.15, 0.2) is 0 Å². The van der Waals surface area contributed by atoms with Crippen LogP contribution in [0.2, 0.25) is 10.0 Å². The van der Waals surface area contributed by atoms with Crippen LogP contribution in [0.4, 0.5) is 0 Å². The number of ether oxygens (including phenoxy) is 2. The molecule has 0 unspecified atom stereocenters. The van der Waals surface area contributed by atoms with E-state index < -0.39 is 0 Å². The normalized spacial score (nSPS) is 11.1. The lowest BCUT2D eigenvalue weighted by Crippen LogP contribution is -2.21. The Morgan fingerprint density at radius 3 is 1.34 bits per heavy atom. The average Bonchev–Trinajstić information content (AvgIpc) is 3.03. The minimum absolute atomic E-state index is 0.0510. The first kappa shape index (κ1) is 27.4. The highest BCUT2D eigenvalue weighted by Crippen LogP contribution is 2.30. The summed E-state index contributed by atoms with van der Waals surface area (Å²) in [6, 6.07) is 34.6. The van der Waals surface area contributed by atoms with Gasteiger partial charge in [0.1, 0.15) is 11.5 Å². The van der Waals surface area contributed by atoms with E-state index in [9.17, 15) is 9.59 Å². The monoisotopic (exact) mass is 618 g/mol. The summed E-state index contributed by atoms with van der Waals surface area (Å²) < 4.78 is 15.2. The molecule has 0 bridgehead atoms. The fraction of sp³-hybridized carbons (Fsp3) is 0. The molecular formula is C34H20Cl2N4O4. The third-order valence-electron chi connectivity index (χ3n) is 6.88. The molecule has 0 N–H and O–H groups in total. The van der Waals surface area contributed by atoms with E-state index in [1.165, 1.54) is 9.13 Å². The molecule has 0 amide bonds. The lowest BCUT2D eigenvalue weighted by Gasteiger charge is -2.16. The topological polar surface area (TPSA) is 88.2 Å². The molecule has 0 atom stereocenters. The minimum atomic E-state index is -0.298. The van der Waals surface area contributed by atoms with Crippen molar-refractivity contribution in [1.29, 1.82) is 0 Å². The van der Waals surface area contributed by atoms with Gasteiger partial charge in [0.05, 0.1) is 33.2 Å². The Balaban J connectivity index is 1.31. The van der Waals surface area contributed by atoms with Gasteiger partial charge in [0.25, 0.3) is 11.1 Å². The molecule has 0 aliphatic carbocycles. The highest BCUT2D eigenvalue weighted by atomic mass is 35.5. The molecular weight excluding hydrogens is 599 g/mol. The average molecular weight is 619 g/mol.